The van der Waals surface area contributed by atoms with Crippen molar-refractivity contribution in [3.8, 4) is 17.0 Å². The van der Waals surface area contributed by atoms with Crippen LogP contribution in [-0.2, 0) is 16.6 Å². The largest absolute Gasteiger partial charge is 0.494 e. The summed E-state index contributed by atoms with van der Waals surface area (Å²) in [5.41, 5.74) is 4.66. The van der Waals surface area contributed by atoms with Crippen molar-refractivity contribution in [2.75, 3.05) is 11.9 Å². The van der Waals surface area contributed by atoms with Gasteiger partial charge in [0.15, 0.2) is 5.13 Å². The molecular formula is C25H30N2O2S. The Labute approximate surface area is 183 Å². The Hall–Kier alpha value is -2.66. The lowest BCUT2D eigenvalue weighted by Gasteiger charge is -2.19. The van der Waals surface area contributed by atoms with E-state index < -0.39 is 0 Å². The Morgan fingerprint density at radius 3 is 2.40 bits per heavy atom. The number of carbonyl (C=O) groups is 1. The van der Waals surface area contributed by atoms with Crippen molar-refractivity contribution >= 4 is 22.4 Å². The third-order valence-corrected chi connectivity index (χ3v) is 5.70. The number of nitrogens with one attached hydrogen (secondary N) is 1. The van der Waals surface area contributed by atoms with Crippen molar-refractivity contribution in [1.82, 2.24) is 4.98 Å². The van der Waals surface area contributed by atoms with E-state index in [4.69, 9.17) is 4.74 Å². The minimum Gasteiger partial charge on any atom is -0.494 e. The van der Waals surface area contributed by atoms with Gasteiger partial charge in [-0.05, 0) is 41.5 Å². The number of nitrogens with zero attached hydrogens (tertiary/aromatic N) is 1. The molecule has 0 unspecified atom stereocenters. The molecule has 1 heterocycles. The Morgan fingerprint density at radius 2 is 1.77 bits per heavy atom. The van der Waals surface area contributed by atoms with Gasteiger partial charge in [0.25, 0.3) is 0 Å². The summed E-state index contributed by atoms with van der Waals surface area (Å²) in [6, 6.07) is 16.5. The average molecular weight is 423 g/mol. The minimum absolute atomic E-state index is 0.0380. The molecule has 3 rings (SSSR count). The number of anilines is 1. The molecule has 3 aromatic rings. The summed E-state index contributed by atoms with van der Waals surface area (Å²) in [7, 11) is 0. The summed E-state index contributed by atoms with van der Waals surface area (Å²) < 4.78 is 5.76. The molecule has 0 aliphatic heterocycles. The zero-order valence-corrected chi connectivity index (χ0v) is 19.0. The summed E-state index contributed by atoms with van der Waals surface area (Å²) in [5.74, 6) is 0.797. The summed E-state index contributed by atoms with van der Waals surface area (Å²) in [5, 5.41) is 5.50. The fraction of sp³-hybridized carbons (Fsp3) is 0.360. The van der Waals surface area contributed by atoms with Crippen LogP contribution in [0.25, 0.3) is 11.3 Å². The highest BCUT2D eigenvalue weighted by Gasteiger charge is 2.13. The zero-order chi connectivity index (χ0) is 21.6. The van der Waals surface area contributed by atoms with Crippen LogP contribution in [0.5, 0.6) is 5.75 Å². The molecule has 0 atom stereocenters. The molecule has 0 radical (unpaired) electrons. The number of rotatable bonds is 8. The second kappa shape index (κ2) is 9.90. The number of hydrogen-bond acceptors (Lipinski definition) is 4. The van der Waals surface area contributed by atoms with E-state index in [1.165, 1.54) is 22.5 Å². The van der Waals surface area contributed by atoms with Crippen LogP contribution in [0, 0.1) is 0 Å². The Bertz CT molecular complexity index is 954. The maximum Gasteiger partial charge on any atom is 0.226 e. The molecule has 0 saturated carbocycles. The number of thiazole rings is 1. The number of benzene rings is 2. The number of aryl methyl sites for hydroxylation is 1. The molecule has 0 aliphatic carbocycles. The summed E-state index contributed by atoms with van der Waals surface area (Å²) >= 11 is 1.45. The van der Waals surface area contributed by atoms with Crippen LogP contribution in [0.3, 0.4) is 0 Å². The monoisotopic (exact) mass is 422 g/mol. The first-order valence-electron chi connectivity index (χ1n) is 10.4. The maximum absolute atomic E-state index is 12.2. The van der Waals surface area contributed by atoms with E-state index in [0.717, 1.165) is 23.4 Å². The highest BCUT2D eigenvalue weighted by Crippen LogP contribution is 2.26. The SMILES string of the molecule is CCc1ccc(-c2csc(NC(=O)CCCOc3ccc(C(C)(C)C)cc3)n2)cc1. The van der Waals surface area contributed by atoms with Crippen LogP contribution >= 0.6 is 11.3 Å². The van der Waals surface area contributed by atoms with Crippen molar-refractivity contribution in [3.63, 3.8) is 0 Å². The first-order valence-corrected chi connectivity index (χ1v) is 11.3. The van der Waals surface area contributed by atoms with E-state index >= 15 is 0 Å². The van der Waals surface area contributed by atoms with Crippen LogP contribution in [0.15, 0.2) is 53.9 Å². The molecule has 0 saturated heterocycles. The van der Waals surface area contributed by atoms with Gasteiger partial charge in [-0.25, -0.2) is 4.98 Å². The van der Waals surface area contributed by atoms with E-state index in [1.807, 2.05) is 17.5 Å². The summed E-state index contributed by atoms with van der Waals surface area (Å²) in [6.07, 6.45) is 2.08. The highest BCUT2D eigenvalue weighted by molar-refractivity contribution is 7.14. The summed E-state index contributed by atoms with van der Waals surface area (Å²) in [4.78, 5) is 16.7. The molecule has 0 aliphatic rings. The van der Waals surface area contributed by atoms with Gasteiger partial charge in [-0.1, -0.05) is 64.1 Å². The first-order chi connectivity index (χ1) is 14.3. The molecule has 1 N–H and O–H groups in total. The molecular weight excluding hydrogens is 392 g/mol. The van der Waals surface area contributed by atoms with E-state index in [2.05, 4.69) is 74.4 Å². The van der Waals surface area contributed by atoms with Crippen LogP contribution in [0.2, 0.25) is 0 Å². The number of carbonyl (C=O) groups excluding carboxylic acids is 1. The second-order valence-corrected chi connectivity index (χ2v) is 9.22. The van der Waals surface area contributed by atoms with E-state index in [9.17, 15) is 4.79 Å². The van der Waals surface area contributed by atoms with Gasteiger partial charge in [0.1, 0.15) is 5.75 Å². The van der Waals surface area contributed by atoms with E-state index in [-0.39, 0.29) is 11.3 Å². The fourth-order valence-electron chi connectivity index (χ4n) is 3.03. The maximum atomic E-state index is 12.2. The fourth-order valence-corrected chi connectivity index (χ4v) is 3.77. The average Bonchev–Trinajstić information content (AvgIpc) is 3.19. The number of amides is 1. The first kappa shape index (κ1) is 22.0. The van der Waals surface area contributed by atoms with Gasteiger partial charge >= 0.3 is 0 Å². The molecule has 1 aromatic heterocycles. The number of ether oxygens (including phenoxy) is 1. The van der Waals surface area contributed by atoms with Gasteiger partial charge < -0.3 is 10.1 Å². The second-order valence-electron chi connectivity index (χ2n) is 8.36. The van der Waals surface area contributed by atoms with Gasteiger partial charge in [-0.15, -0.1) is 11.3 Å². The van der Waals surface area contributed by atoms with Crippen molar-refractivity contribution < 1.29 is 9.53 Å². The number of aromatic nitrogens is 1. The van der Waals surface area contributed by atoms with Crippen molar-refractivity contribution in [1.29, 1.82) is 0 Å². The van der Waals surface area contributed by atoms with E-state index in [1.54, 1.807) is 0 Å². The van der Waals surface area contributed by atoms with Crippen molar-refractivity contribution in [2.45, 2.75) is 52.4 Å². The third kappa shape index (κ3) is 6.17. The Balaban J connectivity index is 1.42. The van der Waals surface area contributed by atoms with Crippen LogP contribution in [0.4, 0.5) is 5.13 Å². The molecule has 30 heavy (non-hydrogen) atoms. The topological polar surface area (TPSA) is 51.2 Å². The Kier molecular flexibility index (Phi) is 7.27. The lowest BCUT2D eigenvalue weighted by Crippen LogP contribution is -2.13. The quantitative estimate of drug-likeness (QED) is 0.423. The highest BCUT2D eigenvalue weighted by atomic mass is 32.1. The number of hydrogen-bond donors (Lipinski definition) is 1. The van der Waals surface area contributed by atoms with Gasteiger partial charge in [-0.2, -0.15) is 0 Å². The smallest absolute Gasteiger partial charge is 0.226 e. The normalized spacial score (nSPS) is 11.3. The molecule has 0 fully saturated rings. The molecule has 158 valence electrons. The summed E-state index contributed by atoms with van der Waals surface area (Å²) in [6.45, 7) is 9.22. The molecule has 2 aromatic carbocycles. The molecule has 1 amide bonds. The third-order valence-electron chi connectivity index (χ3n) is 4.95. The predicted molar refractivity (Wildman–Crippen MR) is 125 cm³/mol. The van der Waals surface area contributed by atoms with Gasteiger partial charge in [0.2, 0.25) is 5.91 Å². The van der Waals surface area contributed by atoms with Gasteiger partial charge in [-0.3, -0.25) is 4.79 Å². The predicted octanol–water partition coefficient (Wildman–Crippen LogP) is 6.47. The van der Waals surface area contributed by atoms with Crippen molar-refractivity contribution in [3.05, 3.63) is 65.0 Å². The van der Waals surface area contributed by atoms with E-state index in [0.29, 0.717) is 24.6 Å². The molecule has 0 bridgehead atoms. The molecule has 5 heteroatoms. The van der Waals surface area contributed by atoms with Crippen molar-refractivity contribution in [2.24, 2.45) is 0 Å². The van der Waals surface area contributed by atoms with Crippen LogP contribution in [0.1, 0.15) is 51.7 Å². The standard InChI is InChI=1S/C25H30N2O2S/c1-5-18-8-10-19(11-9-18)22-17-30-24(26-22)27-23(28)7-6-16-29-21-14-12-20(13-15-21)25(2,3)4/h8-15,17H,5-7,16H2,1-4H3,(H,26,27,28). The lowest BCUT2D eigenvalue weighted by molar-refractivity contribution is -0.116. The van der Waals surface area contributed by atoms with Crippen LogP contribution < -0.4 is 10.1 Å². The lowest BCUT2D eigenvalue weighted by atomic mass is 9.87. The molecule has 4 nitrogen and oxygen atoms in total. The Morgan fingerprint density at radius 1 is 1.07 bits per heavy atom. The van der Waals surface area contributed by atoms with Gasteiger partial charge in [0, 0.05) is 17.4 Å². The minimum atomic E-state index is -0.0380. The van der Waals surface area contributed by atoms with Gasteiger partial charge in [0.05, 0.1) is 12.3 Å². The zero-order valence-electron chi connectivity index (χ0n) is 18.2. The van der Waals surface area contributed by atoms with Crippen LogP contribution in [-0.4, -0.2) is 17.5 Å². The molecule has 0 spiro atoms.